The molecule has 1 atom stereocenters. The SMILES string of the molecule is CCOC(=O)c1c(-c2ccccc2)csc1NC(=O)CN1C(=O)NC(CC)(c2ccccc2)C1=O. The number of hydrogen-bond donors (Lipinski definition) is 2. The van der Waals surface area contributed by atoms with Gasteiger partial charge < -0.3 is 15.4 Å². The van der Waals surface area contributed by atoms with Crippen LogP contribution in [-0.2, 0) is 19.9 Å². The van der Waals surface area contributed by atoms with E-state index < -0.39 is 35.9 Å². The molecule has 1 saturated heterocycles. The summed E-state index contributed by atoms with van der Waals surface area (Å²) >= 11 is 1.18. The summed E-state index contributed by atoms with van der Waals surface area (Å²) in [5, 5.41) is 7.52. The maximum absolute atomic E-state index is 13.3. The summed E-state index contributed by atoms with van der Waals surface area (Å²) in [5.74, 6) is -1.65. The van der Waals surface area contributed by atoms with Crippen molar-refractivity contribution >= 4 is 40.2 Å². The summed E-state index contributed by atoms with van der Waals surface area (Å²) in [4.78, 5) is 52.6. The second kappa shape index (κ2) is 10.1. The number of nitrogens with zero attached hydrogens (tertiary/aromatic N) is 1. The van der Waals surface area contributed by atoms with Gasteiger partial charge in [0.1, 0.15) is 22.6 Å². The highest BCUT2D eigenvalue weighted by Gasteiger charge is 2.51. The lowest BCUT2D eigenvalue weighted by Gasteiger charge is -2.25. The Bertz CT molecular complexity index is 1260. The molecule has 2 heterocycles. The summed E-state index contributed by atoms with van der Waals surface area (Å²) < 4.78 is 5.22. The van der Waals surface area contributed by atoms with Crippen molar-refractivity contribution in [2.45, 2.75) is 25.8 Å². The number of thiophene rings is 1. The predicted octanol–water partition coefficient (Wildman–Crippen LogP) is 4.39. The lowest BCUT2D eigenvalue weighted by atomic mass is 9.87. The molecule has 4 amide bonds. The van der Waals surface area contributed by atoms with Crippen LogP contribution in [0.25, 0.3) is 11.1 Å². The molecule has 0 bridgehead atoms. The fraction of sp³-hybridized carbons (Fsp3) is 0.231. The zero-order chi connectivity index (χ0) is 25.0. The molecule has 1 fully saturated rings. The molecule has 3 aromatic rings. The number of imide groups is 1. The van der Waals surface area contributed by atoms with E-state index in [0.717, 1.165) is 10.5 Å². The Morgan fingerprint density at radius 3 is 2.31 bits per heavy atom. The van der Waals surface area contributed by atoms with Crippen LogP contribution in [-0.4, -0.2) is 41.9 Å². The molecule has 180 valence electrons. The van der Waals surface area contributed by atoms with Crippen LogP contribution in [0.15, 0.2) is 66.0 Å². The zero-order valence-corrected chi connectivity index (χ0v) is 20.2. The minimum atomic E-state index is -1.22. The summed E-state index contributed by atoms with van der Waals surface area (Å²) in [7, 11) is 0. The standard InChI is InChI=1S/C26H25N3O5S/c1-3-26(18-13-9-6-10-14-18)24(32)29(25(33)28-26)15-20(30)27-22-21(23(31)34-4-2)19(16-35-22)17-11-7-5-8-12-17/h5-14,16H,3-4,15H2,1-2H3,(H,27,30)(H,28,33). The van der Waals surface area contributed by atoms with Gasteiger partial charge >= 0.3 is 12.0 Å². The molecular weight excluding hydrogens is 466 g/mol. The number of nitrogens with one attached hydrogen (secondary N) is 2. The monoisotopic (exact) mass is 491 g/mol. The van der Waals surface area contributed by atoms with Gasteiger partial charge in [0.15, 0.2) is 0 Å². The van der Waals surface area contributed by atoms with E-state index in [-0.39, 0.29) is 12.2 Å². The van der Waals surface area contributed by atoms with Gasteiger partial charge in [0, 0.05) is 10.9 Å². The van der Waals surface area contributed by atoms with Crippen molar-refractivity contribution in [3.8, 4) is 11.1 Å². The van der Waals surface area contributed by atoms with Crippen molar-refractivity contribution in [2.24, 2.45) is 0 Å². The number of amides is 4. The Kier molecular flexibility index (Phi) is 6.97. The first-order valence-electron chi connectivity index (χ1n) is 11.2. The summed E-state index contributed by atoms with van der Waals surface area (Å²) in [6.45, 7) is 3.20. The minimum Gasteiger partial charge on any atom is -0.462 e. The molecule has 0 spiro atoms. The van der Waals surface area contributed by atoms with E-state index >= 15 is 0 Å². The number of carbonyl (C=O) groups is 4. The molecule has 1 unspecified atom stereocenters. The smallest absolute Gasteiger partial charge is 0.341 e. The molecule has 0 aliphatic carbocycles. The van der Waals surface area contributed by atoms with Crippen LogP contribution in [0.1, 0.15) is 36.2 Å². The first-order chi connectivity index (χ1) is 16.9. The van der Waals surface area contributed by atoms with E-state index in [1.54, 1.807) is 43.5 Å². The second-order valence-electron chi connectivity index (χ2n) is 7.93. The van der Waals surface area contributed by atoms with Gasteiger partial charge in [-0.1, -0.05) is 67.6 Å². The van der Waals surface area contributed by atoms with Crippen LogP contribution in [0.2, 0.25) is 0 Å². The lowest BCUT2D eigenvalue weighted by molar-refractivity contribution is -0.134. The third-order valence-corrected chi connectivity index (χ3v) is 6.78. The third kappa shape index (κ3) is 4.54. The molecule has 8 nitrogen and oxygen atoms in total. The minimum absolute atomic E-state index is 0.178. The molecule has 0 radical (unpaired) electrons. The quantitative estimate of drug-likeness (QED) is 0.359. The molecule has 0 saturated carbocycles. The van der Waals surface area contributed by atoms with Gasteiger partial charge in [-0.15, -0.1) is 11.3 Å². The fourth-order valence-corrected chi connectivity index (χ4v) is 5.10. The van der Waals surface area contributed by atoms with Gasteiger partial charge in [-0.2, -0.15) is 0 Å². The number of rotatable bonds is 8. The van der Waals surface area contributed by atoms with E-state index in [4.69, 9.17) is 4.74 Å². The maximum Gasteiger partial charge on any atom is 0.341 e. The van der Waals surface area contributed by atoms with Crippen molar-refractivity contribution in [2.75, 3.05) is 18.5 Å². The summed E-state index contributed by atoms with van der Waals surface area (Å²) in [5.41, 5.74) is 1.10. The topological polar surface area (TPSA) is 105 Å². The van der Waals surface area contributed by atoms with E-state index in [1.807, 2.05) is 36.4 Å². The highest BCUT2D eigenvalue weighted by molar-refractivity contribution is 7.15. The van der Waals surface area contributed by atoms with Crippen LogP contribution >= 0.6 is 11.3 Å². The summed E-state index contributed by atoms with van der Waals surface area (Å²) in [6.07, 6.45) is 0.331. The second-order valence-corrected chi connectivity index (χ2v) is 8.81. The van der Waals surface area contributed by atoms with Crippen LogP contribution in [0.3, 0.4) is 0 Å². The van der Waals surface area contributed by atoms with Gasteiger partial charge in [-0.05, 0) is 24.5 Å². The average Bonchev–Trinajstić information content (AvgIpc) is 3.40. The Morgan fingerprint density at radius 1 is 1.03 bits per heavy atom. The van der Waals surface area contributed by atoms with E-state index in [2.05, 4.69) is 10.6 Å². The average molecular weight is 492 g/mol. The fourth-order valence-electron chi connectivity index (χ4n) is 4.13. The number of hydrogen-bond acceptors (Lipinski definition) is 6. The number of carbonyl (C=O) groups excluding carboxylic acids is 4. The number of urea groups is 1. The zero-order valence-electron chi connectivity index (χ0n) is 19.4. The first kappa shape index (κ1) is 24.2. The number of anilines is 1. The first-order valence-corrected chi connectivity index (χ1v) is 12.1. The largest absolute Gasteiger partial charge is 0.462 e. The van der Waals surface area contributed by atoms with E-state index in [9.17, 15) is 19.2 Å². The van der Waals surface area contributed by atoms with Crippen LogP contribution < -0.4 is 10.6 Å². The maximum atomic E-state index is 13.3. The third-order valence-electron chi connectivity index (χ3n) is 5.88. The molecule has 9 heteroatoms. The van der Waals surface area contributed by atoms with Gasteiger partial charge in [-0.3, -0.25) is 14.5 Å². The molecule has 35 heavy (non-hydrogen) atoms. The van der Waals surface area contributed by atoms with E-state index in [0.29, 0.717) is 22.5 Å². The Morgan fingerprint density at radius 2 is 1.69 bits per heavy atom. The molecule has 2 aromatic carbocycles. The molecule has 1 aliphatic heterocycles. The normalized spacial score (nSPS) is 17.3. The van der Waals surface area contributed by atoms with Crippen LogP contribution in [0.5, 0.6) is 0 Å². The molecule has 4 rings (SSSR count). The number of benzene rings is 2. The Labute approximate surface area is 206 Å². The Balaban J connectivity index is 1.57. The molecule has 1 aromatic heterocycles. The lowest BCUT2D eigenvalue weighted by Crippen LogP contribution is -2.44. The van der Waals surface area contributed by atoms with Crippen molar-refractivity contribution in [1.29, 1.82) is 0 Å². The van der Waals surface area contributed by atoms with Crippen LogP contribution in [0.4, 0.5) is 9.80 Å². The van der Waals surface area contributed by atoms with Gasteiger partial charge in [0.25, 0.3) is 5.91 Å². The highest BCUT2D eigenvalue weighted by atomic mass is 32.1. The molecule has 2 N–H and O–H groups in total. The highest BCUT2D eigenvalue weighted by Crippen LogP contribution is 2.36. The molecular formula is C26H25N3O5S. The summed E-state index contributed by atoms with van der Waals surface area (Å²) in [6, 6.07) is 17.6. The molecule has 1 aliphatic rings. The van der Waals surface area contributed by atoms with Crippen molar-refractivity contribution < 1.29 is 23.9 Å². The predicted molar refractivity (Wildman–Crippen MR) is 133 cm³/mol. The number of ether oxygens (including phenoxy) is 1. The Hall–Kier alpha value is -3.98. The van der Waals surface area contributed by atoms with Crippen molar-refractivity contribution in [1.82, 2.24) is 10.2 Å². The van der Waals surface area contributed by atoms with E-state index in [1.165, 1.54) is 11.3 Å². The van der Waals surface area contributed by atoms with Gasteiger partial charge in [0.05, 0.1) is 6.61 Å². The van der Waals surface area contributed by atoms with Crippen molar-refractivity contribution in [3.63, 3.8) is 0 Å². The van der Waals surface area contributed by atoms with Gasteiger partial charge in [-0.25, -0.2) is 9.59 Å². The number of esters is 1. The van der Waals surface area contributed by atoms with Gasteiger partial charge in [0.2, 0.25) is 5.91 Å². The van der Waals surface area contributed by atoms with Crippen LogP contribution in [0, 0.1) is 0 Å². The van der Waals surface area contributed by atoms with Crippen molar-refractivity contribution in [3.05, 3.63) is 77.2 Å².